The van der Waals surface area contributed by atoms with Crippen LogP contribution in [0, 0.1) is 0 Å². The van der Waals surface area contributed by atoms with Crippen molar-refractivity contribution >= 4 is 33.2 Å². The molecule has 15 heavy (non-hydrogen) atoms. The van der Waals surface area contributed by atoms with E-state index in [2.05, 4.69) is 26.0 Å². The van der Waals surface area contributed by atoms with Crippen LogP contribution in [0.3, 0.4) is 0 Å². The summed E-state index contributed by atoms with van der Waals surface area (Å²) in [5.74, 6) is 0. The van der Waals surface area contributed by atoms with Crippen LogP contribution >= 0.6 is 27.5 Å². The molecule has 0 unspecified atom stereocenters. The van der Waals surface area contributed by atoms with Gasteiger partial charge >= 0.3 is 0 Å². The number of ether oxygens (including phenoxy) is 1. The second-order valence-corrected chi connectivity index (χ2v) is 4.57. The average molecular weight is 289 g/mol. The van der Waals surface area contributed by atoms with Crippen molar-refractivity contribution in [3.63, 3.8) is 0 Å². The number of hydrogen-bond donors (Lipinski definition) is 0. The third kappa shape index (κ3) is 1.38. The summed E-state index contributed by atoms with van der Waals surface area (Å²) in [5.41, 5.74) is 2.73. The Hall–Kier alpha value is -0.650. The molecule has 4 nitrogen and oxygen atoms in total. The molecule has 0 saturated heterocycles. The first kappa shape index (κ1) is 9.57. The average Bonchev–Trinajstić information content (AvgIpc) is 2.62. The van der Waals surface area contributed by atoms with Crippen LogP contribution in [0.1, 0.15) is 11.3 Å². The quantitative estimate of drug-likeness (QED) is 0.698. The minimum Gasteiger partial charge on any atom is -0.376 e. The number of nitrogens with zero attached hydrogens (tertiary/aromatic N) is 3. The van der Waals surface area contributed by atoms with Crippen molar-refractivity contribution in [1.82, 2.24) is 14.6 Å². The largest absolute Gasteiger partial charge is 0.376 e. The SMILES string of the molecule is Clc1c2c(nc3c(Br)cnn13)CCOC2. The lowest BCUT2D eigenvalue weighted by Gasteiger charge is -2.17. The topological polar surface area (TPSA) is 39.4 Å². The van der Waals surface area contributed by atoms with Gasteiger partial charge in [0, 0.05) is 12.0 Å². The first-order valence-electron chi connectivity index (χ1n) is 4.55. The Labute approximate surface area is 99.3 Å². The van der Waals surface area contributed by atoms with Gasteiger partial charge in [-0.05, 0) is 15.9 Å². The maximum atomic E-state index is 6.23. The van der Waals surface area contributed by atoms with Crippen LogP contribution in [0.15, 0.2) is 10.7 Å². The molecule has 3 rings (SSSR count). The molecule has 0 aliphatic carbocycles. The Balaban J connectivity index is 2.37. The van der Waals surface area contributed by atoms with Crippen LogP contribution in [0.5, 0.6) is 0 Å². The second-order valence-electron chi connectivity index (χ2n) is 3.36. The van der Waals surface area contributed by atoms with Gasteiger partial charge in [-0.3, -0.25) is 0 Å². The molecule has 0 fully saturated rings. The van der Waals surface area contributed by atoms with Gasteiger partial charge < -0.3 is 4.74 Å². The van der Waals surface area contributed by atoms with Gasteiger partial charge in [-0.25, -0.2) is 9.50 Å². The third-order valence-electron chi connectivity index (χ3n) is 2.45. The van der Waals surface area contributed by atoms with Gasteiger partial charge in [-0.1, -0.05) is 11.6 Å². The van der Waals surface area contributed by atoms with Crippen molar-refractivity contribution in [3.8, 4) is 0 Å². The van der Waals surface area contributed by atoms with Gasteiger partial charge in [0.2, 0.25) is 0 Å². The van der Waals surface area contributed by atoms with Crippen molar-refractivity contribution in [3.05, 3.63) is 27.1 Å². The molecule has 0 bridgehead atoms. The van der Waals surface area contributed by atoms with E-state index in [1.807, 2.05) is 0 Å². The zero-order valence-electron chi connectivity index (χ0n) is 7.70. The third-order valence-corrected chi connectivity index (χ3v) is 3.40. The predicted molar refractivity (Wildman–Crippen MR) is 59.1 cm³/mol. The molecule has 2 aromatic rings. The normalized spacial score (nSPS) is 15.6. The molecular formula is C9H7BrClN3O. The van der Waals surface area contributed by atoms with Gasteiger partial charge in [-0.2, -0.15) is 5.10 Å². The first-order valence-corrected chi connectivity index (χ1v) is 5.72. The number of hydrogen-bond acceptors (Lipinski definition) is 3. The second kappa shape index (κ2) is 3.43. The zero-order valence-corrected chi connectivity index (χ0v) is 10.0. The lowest BCUT2D eigenvalue weighted by molar-refractivity contribution is 0.109. The summed E-state index contributed by atoms with van der Waals surface area (Å²) in [6.07, 6.45) is 2.50. The highest BCUT2D eigenvalue weighted by atomic mass is 79.9. The number of halogens is 2. The monoisotopic (exact) mass is 287 g/mol. The Bertz CT molecular complexity index is 540. The van der Waals surface area contributed by atoms with Crippen LogP contribution in [0.4, 0.5) is 0 Å². The molecule has 3 heterocycles. The fourth-order valence-electron chi connectivity index (χ4n) is 1.70. The lowest BCUT2D eigenvalue weighted by atomic mass is 10.1. The highest BCUT2D eigenvalue weighted by Gasteiger charge is 2.19. The van der Waals surface area contributed by atoms with E-state index in [1.165, 1.54) is 0 Å². The van der Waals surface area contributed by atoms with E-state index in [9.17, 15) is 0 Å². The van der Waals surface area contributed by atoms with Crippen molar-refractivity contribution in [2.75, 3.05) is 6.61 Å². The molecule has 0 spiro atoms. The molecular weight excluding hydrogens is 281 g/mol. The smallest absolute Gasteiger partial charge is 0.171 e. The fraction of sp³-hybridized carbons (Fsp3) is 0.333. The molecule has 0 atom stereocenters. The number of fused-ring (bicyclic) bond motifs is 2. The number of rotatable bonds is 0. The van der Waals surface area contributed by atoms with Crippen molar-refractivity contribution < 1.29 is 4.74 Å². The first-order chi connectivity index (χ1) is 7.27. The summed E-state index contributed by atoms with van der Waals surface area (Å²) in [7, 11) is 0. The zero-order chi connectivity index (χ0) is 10.4. The molecule has 0 N–H and O–H groups in total. The Morgan fingerprint density at radius 3 is 3.27 bits per heavy atom. The highest BCUT2D eigenvalue weighted by Crippen LogP contribution is 2.27. The van der Waals surface area contributed by atoms with Gasteiger partial charge in [-0.15, -0.1) is 0 Å². The van der Waals surface area contributed by atoms with Crippen LogP contribution < -0.4 is 0 Å². The Kier molecular flexibility index (Phi) is 2.19. The van der Waals surface area contributed by atoms with Crippen LogP contribution in [0.25, 0.3) is 5.65 Å². The highest BCUT2D eigenvalue weighted by molar-refractivity contribution is 9.10. The van der Waals surface area contributed by atoms with E-state index in [1.54, 1.807) is 10.7 Å². The summed E-state index contributed by atoms with van der Waals surface area (Å²) in [6, 6.07) is 0. The summed E-state index contributed by atoms with van der Waals surface area (Å²) >= 11 is 9.63. The van der Waals surface area contributed by atoms with E-state index in [0.29, 0.717) is 18.4 Å². The summed E-state index contributed by atoms with van der Waals surface area (Å²) in [4.78, 5) is 4.53. The van der Waals surface area contributed by atoms with E-state index < -0.39 is 0 Å². The van der Waals surface area contributed by atoms with Crippen molar-refractivity contribution in [1.29, 1.82) is 0 Å². The molecule has 78 valence electrons. The van der Waals surface area contributed by atoms with E-state index in [4.69, 9.17) is 16.3 Å². The van der Waals surface area contributed by atoms with Crippen LogP contribution in [-0.2, 0) is 17.8 Å². The van der Waals surface area contributed by atoms with Gasteiger partial charge in [0.05, 0.1) is 29.6 Å². The van der Waals surface area contributed by atoms with Gasteiger partial charge in [0.15, 0.2) is 5.65 Å². The van der Waals surface area contributed by atoms with Crippen molar-refractivity contribution in [2.45, 2.75) is 13.0 Å². The van der Waals surface area contributed by atoms with Gasteiger partial charge in [0.25, 0.3) is 0 Å². The Morgan fingerprint density at radius 2 is 2.40 bits per heavy atom. The van der Waals surface area contributed by atoms with E-state index >= 15 is 0 Å². The maximum absolute atomic E-state index is 6.23. The summed E-state index contributed by atoms with van der Waals surface area (Å²) in [5, 5.41) is 4.74. The fourth-order valence-corrected chi connectivity index (χ4v) is 2.34. The molecule has 0 amide bonds. The molecule has 0 aromatic carbocycles. The lowest BCUT2D eigenvalue weighted by Crippen LogP contribution is -2.14. The molecule has 0 radical (unpaired) electrons. The molecule has 2 aromatic heterocycles. The molecule has 6 heteroatoms. The van der Waals surface area contributed by atoms with Crippen LogP contribution in [-0.4, -0.2) is 21.2 Å². The summed E-state index contributed by atoms with van der Waals surface area (Å²) in [6.45, 7) is 1.23. The molecule has 0 saturated carbocycles. The number of aromatic nitrogens is 3. The maximum Gasteiger partial charge on any atom is 0.171 e. The Morgan fingerprint density at radius 1 is 1.53 bits per heavy atom. The predicted octanol–water partition coefficient (Wildman–Crippen LogP) is 2.22. The molecule has 1 aliphatic heterocycles. The van der Waals surface area contributed by atoms with Crippen LogP contribution in [0.2, 0.25) is 5.15 Å². The van der Waals surface area contributed by atoms with Crippen molar-refractivity contribution in [2.24, 2.45) is 0 Å². The minimum absolute atomic E-state index is 0.522. The standard InChI is InChI=1S/C9H7BrClN3O/c10-6-3-12-14-8(11)5-4-15-2-1-7(5)13-9(6)14/h3H,1-2,4H2. The van der Waals surface area contributed by atoms with Gasteiger partial charge in [0.1, 0.15) is 5.15 Å². The summed E-state index contributed by atoms with van der Waals surface area (Å²) < 4.78 is 7.84. The molecule has 1 aliphatic rings. The van der Waals surface area contributed by atoms with E-state index in [-0.39, 0.29) is 0 Å². The minimum atomic E-state index is 0.522. The van der Waals surface area contributed by atoms with E-state index in [0.717, 1.165) is 27.8 Å².